The van der Waals surface area contributed by atoms with Crippen molar-refractivity contribution in [3.05, 3.63) is 52.8 Å². The number of aryl methyl sites for hydroxylation is 2. The first-order chi connectivity index (χ1) is 13.2. The van der Waals surface area contributed by atoms with E-state index < -0.39 is 10.0 Å². The molecule has 1 heterocycles. The molecular formula is C19H28ClN5O2S. The second kappa shape index (κ2) is 9.95. The summed E-state index contributed by atoms with van der Waals surface area (Å²) in [6.45, 7) is 5.79. The van der Waals surface area contributed by atoms with E-state index in [-0.39, 0.29) is 11.4 Å². The predicted octanol–water partition coefficient (Wildman–Crippen LogP) is 2.36. The van der Waals surface area contributed by atoms with E-state index >= 15 is 0 Å². The van der Waals surface area contributed by atoms with Crippen LogP contribution in [-0.2, 0) is 23.6 Å². The number of aliphatic imine (C=N–C) groups is 1. The lowest BCUT2D eigenvalue weighted by molar-refractivity contribution is 0.462. The summed E-state index contributed by atoms with van der Waals surface area (Å²) in [5, 5.41) is 3.91. The second-order valence-corrected chi connectivity index (χ2v) is 8.77. The van der Waals surface area contributed by atoms with Crippen LogP contribution in [0.4, 0.5) is 0 Å². The van der Waals surface area contributed by atoms with E-state index in [1.54, 1.807) is 24.3 Å². The minimum absolute atomic E-state index is 0.217. The van der Waals surface area contributed by atoms with E-state index in [4.69, 9.17) is 11.6 Å². The fourth-order valence-electron chi connectivity index (χ4n) is 2.65. The summed E-state index contributed by atoms with van der Waals surface area (Å²) in [5.41, 5.74) is 2.07. The monoisotopic (exact) mass is 425 g/mol. The lowest BCUT2D eigenvalue weighted by Gasteiger charge is -2.22. The quantitative estimate of drug-likeness (QED) is 0.386. The minimum atomic E-state index is -3.53. The van der Waals surface area contributed by atoms with E-state index in [9.17, 15) is 8.42 Å². The van der Waals surface area contributed by atoms with Crippen LogP contribution in [0, 0.1) is 6.92 Å². The Morgan fingerprint density at radius 3 is 2.54 bits per heavy atom. The Hall–Kier alpha value is -2.03. The Morgan fingerprint density at radius 1 is 1.29 bits per heavy atom. The fourth-order valence-corrected chi connectivity index (χ4v) is 3.95. The molecule has 0 spiro atoms. The molecule has 154 valence electrons. The number of halogens is 1. The topological polar surface area (TPSA) is 78.7 Å². The molecule has 1 aromatic heterocycles. The molecule has 28 heavy (non-hydrogen) atoms. The van der Waals surface area contributed by atoms with Gasteiger partial charge in [-0.3, -0.25) is 4.99 Å². The smallest absolute Gasteiger partial charge is 0.240 e. The van der Waals surface area contributed by atoms with Crippen LogP contribution in [0.5, 0.6) is 0 Å². The SMILES string of the molecule is CCNC(=NCCNS(=O)(=O)c1ccc(C)cc1)N(C)Cc1cc(Cl)cn1C. The average Bonchev–Trinajstić information content (AvgIpc) is 2.95. The van der Waals surface area contributed by atoms with Crippen molar-refractivity contribution < 1.29 is 8.42 Å². The van der Waals surface area contributed by atoms with Gasteiger partial charge in [-0.1, -0.05) is 29.3 Å². The largest absolute Gasteiger partial charge is 0.357 e. The summed E-state index contributed by atoms with van der Waals surface area (Å²) in [4.78, 5) is 6.75. The van der Waals surface area contributed by atoms with Gasteiger partial charge in [0, 0.05) is 39.1 Å². The molecule has 0 aliphatic heterocycles. The van der Waals surface area contributed by atoms with Crippen LogP contribution in [0.15, 0.2) is 46.4 Å². The van der Waals surface area contributed by atoms with E-state index in [0.29, 0.717) is 30.6 Å². The lowest BCUT2D eigenvalue weighted by atomic mass is 10.2. The number of benzene rings is 1. The number of nitrogens with one attached hydrogen (secondary N) is 2. The summed E-state index contributed by atoms with van der Waals surface area (Å²) in [5.74, 6) is 0.703. The highest BCUT2D eigenvalue weighted by molar-refractivity contribution is 7.89. The van der Waals surface area contributed by atoms with Crippen molar-refractivity contribution in [3.8, 4) is 0 Å². The van der Waals surface area contributed by atoms with Gasteiger partial charge in [0.2, 0.25) is 10.0 Å². The first-order valence-electron chi connectivity index (χ1n) is 9.09. The average molecular weight is 426 g/mol. The molecule has 0 bridgehead atoms. The Labute approximate surface area is 172 Å². The number of guanidine groups is 1. The third kappa shape index (κ3) is 6.25. The van der Waals surface area contributed by atoms with Crippen molar-refractivity contribution in [2.24, 2.45) is 12.0 Å². The van der Waals surface area contributed by atoms with Gasteiger partial charge in [0.1, 0.15) is 0 Å². The van der Waals surface area contributed by atoms with Crippen LogP contribution in [0.2, 0.25) is 5.02 Å². The van der Waals surface area contributed by atoms with Crippen molar-refractivity contribution >= 4 is 27.6 Å². The number of aromatic nitrogens is 1. The van der Waals surface area contributed by atoms with Crippen molar-refractivity contribution in [1.82, 2.24) is 19.5 Å². The molecule has 0 saturated carbocycles. The van der Waals surface area contributed by atoms with Gasteiger partial charge in [0.05, 0.1) is 23.0 Å². The molecule has 2 aromatic rings. The van der Waals surface area contributed by atoms with Crippen LogP contribution < -0.4 is 10.0 Å². The molecule has 0 atom stereocenters. The standard InChI is InChI=1S/C19H28ClN5O2S/c1-5-21-19(25(4)14-17-12-16(20)13-24(17)3)22-10-11-23-28(26,27)18-8-6-15(2)7-9-18/h6-9,12-13,23H,5,10-11,14H2,1-4H3,(H,21,22). The minimum Gasteiger partial charge on any atom is -0.357 e. The first kappa shape index (κ1) is 22.3. The maximum atomic E-state index is 12.3. The summed E-state index contributed by atoms with van der Waals surface area (Å²) in [7, 11) is 0.343. The van der Waals surface area contributed by atoms with E-state index in [2.05, 4.69) is 15.0 Å². The van der Waals surface area contributed by atoms with Gasteiger partial charge in [0.15, 0.2) is 5.96 Å². The normalized spacial score (nSPS) is 12.2. The van der Waals surface area contributed by atoms with Crippen LogP contribution in [0.1, 0.15) is 18.2 Å². The molecule has 2 rings (SSSR count). The fraction of sp³-hybridized carbons (Fsp3) is 0.421. The van der Waals surface area contributed by atoms with Crippen molar-refractivity contribution in [2.45, 2.75) is 25.3 Å². The maximum absolute atomic E-state index is 12.3. The number of rotatable bonds is 8. The predicted molar refractivity (Wildman–Crippen MR) is 114 cm³/mol. The van der Waals surface area contributed by atoms with Gasteiger partial charge in [-0.2, -0.15) is 0 Å². The summed E-state index contributed by atoms with van der Waals surface area (Å²) < 4.78 is 29.2. The van der Waals surface area contributed by atoms with Crippen LogP contribution in [0.25, 0.3) is 0 Å². The molecule has 0 aliphatic carbocycles. The van der Waals surface area contributed by atoms with Crippen LogP contribution >= 0.6 is 11.6 Å². The molecule has 9 heteroatoms. The van der Waals surface area contributed by atoms with Gasteiger partial charge in [-0.05, 0) is 32.0 Å². The molecule has 0 aliphatic rings. The third-order valence-corrected chi connectivity index (χ3v) is 5.85. The summed E-state index contributed by atoms with van der Waals surface area (Å²) >= 11 is 6.04. The Balaban J connectivity index is 1.96. The van der Waals surface area contributed by atoms with Gasteiger partial charge in [-0.15, -0.1) is 0 Å². The summed E-state index contributed by atoms with van der Waals surface area (Å²) in [6.07, 6.45) is 1.86. The molecule has 0 amide bonds. The van der Waals surface area contributed by atoms with E-state index in [1.807, 2.05) is 49.7 Å². The lowest BCUT2D eigenvalue weighted by Crippen LogP contribution is -2.39. The zero-order chi connectivity index (χ0) is 20.7. The Bertz CT molecular complexity index is 907. The molecule has 2 N–H and O–H groups in total. The zero-order valence-corrected chi connectivity index (χ0v) is 18.3. The van der Waals surface area contributed by atoms with Gasteiger partial charge in [-0.25, -0.2) is 13.1 Å². The zero-order valence-electron chi connectivity index (χ0n) is 16.7. The van der Waals surface area contributed by atoms with Gasteiger partial charge < -0.3 is 14.8 Å². The molecule has 1 aromatic carbocycles. The molecule has 0 saturated heterocycles. The number of hydrogen-bond acceptors (Lipinski definition) is 3. The molecule has 7 nitrogen and oxygen atoms in total. The Kier molecular flexibility index (Phi) is 7.91. The van der Waals surface area contributed by atoms with Crippen LogP contribution in [0.3, 0.4) is 0 Å². The van der Waals surface area contributed by atoms with Crippen molar-refractivity contribution in [1.29, 1.82) is 0 Å². The Morgan fingerprint density at radius 2 is 1.96 bits per heavy atom. The first-order valence-corrected chi connectivity index (χ1v) is 11.0. The highest BCUT2D eigenvalue weighted by Crippen LogP contribution is 2.14. The maximum Gasteiger partial charge on any atom is 0.240 e. The number of sulfonamides is 1. The number of hydrogen-bond donors (Lipinski definition) is 2. The van der Waals surface area contributed by atoms with Gasteiger partial charge in [0.25, 0.3) is 0 Å². The highest BCUT2D eigenvalue weighted by Gasteiger charge is 2.13. The molecule has 0 fully saturated rings. The molecule has 0 unspecified atom stereocenters. The molecular weight excluding hydrogens is 398 g/mol. The second-order valence-electron chi connectivity index (χ2n) is 6.56. The highest BCUT2D eigenvalue weighted by atomic mass is 35.5. The van der Waals surface area contributed by atoms with Crippen molar-refractivity contribution in [3.63, 3.8) is 0 Å². The molecule has 0 radical (unpaired) electrons. The number of nitrogens with zero attached hydrogens (tertiary/aromatic N) is 3. The van der Waals surface area contributed by atoms with Crippen molar-refractivity contribution in [2.75, 3.05) is 26.7 Å². The van der Waals surface area contributed by atoms with E-state index in [0.717, 1.165) is 11.3 Å². The van der Waals surface area contributed by atoms with Gasteiger partial charge >= 0.3 is 0 Å². The third-order valence-electron chi connectivity index (χ3n) is 4.17. The van der Waals surface area contributed by atoms with E-state index in [1.165, 1.54) is 0 Å². The summed E-state index contributed by atoms with van der Waals surface area (Å²) in [6, 6.07) is 8.67. The van der Waals surface area contributed by atoms with Crippen LogP contribution in [-0.4, -0.2) is 50.5 Å².